The molecule has 8 aromatic rings. The second kappa shape index (κ2) is 28.4. The molecule has 18 nitrogen and oxygen atoms in total. The molecule has 444 valence electrons. The Morgan fingerprint density at radius 1 is 0.588 bits per heavy atom. The van der Waals surface area contributed by atoms with Gasteiger partial charge < -0.3 is 51.7 Å². The van der Waals surface area contributed by atoms with Crippen molar-refractivity contribution in [3.8, 4) is 22.5 Å². The van der Waals surface area contributed by atoms with E-state index >= 15 is 0 Å². The molecule has 2 aliphatic rings. The number of aromatic nitrogens is 6. The SMILES string of the molecule is C.CN(C)C/C=C/C(=O)Nc1ccc(C(=O)NC2(C)CCCC(Nc3ncc(Cl)c(-c4c[nH]c5ccccc45)n3)C2)cc1.CN(C)C/C=C/C(=O)Nc1ccc(C(=O)N[C@@]2(C)CCC[C@@H](Nc3ncc(Cl)c(-c4c[nH]c5ccccc45)n3)C2)cc1. The number of benzene rings is 4. The molecule has 10 rings (SSSR count). The Hall–Kier alpha value is -8.42. The summed E-state index contributed by atoms with van der Waals surface area (Å²) in [6.45, 7) is 5.52. The van der Waals surface area contributed by atoms with Gasteiger partial charge in [0.15, 0.2) is 0 Å². The molecular formula is C65H76Cl2N14O4. The molecule has 2 saturated carbocycles. The van der Waals surface area contributed by atoms with Gasteiger partial charge in [-0.15, -0.1) is 0 Å². The first kappa shape index (κ1) is 62.6. The van der Waals surface area contributed by atoms with E-state index in [1.807, 2.05) is 98.9 Å². The summed E-state index contributed by atoms with van der Waals surface area (Å²) >= 11 is 13.0. The van der Waals surface area contributed by atoms with Crippen LogP contribution in [-0.2, 0) is 9.59 Å². The third kappa shape index (κ3) is 16.9. The van der Waals surface area contributed by atoms with E-state index in [2.05, 4.69) is 65.7 Å². The lowest BCUT2D eigenvalue weighted by Crippen LogP contribution is -2.51. The quantitative estimate of drug-likeness (QED) is 0.0375. The predicted molar refractivity (Wildman–Crippen MR) is 344 cm³/mol. The summed E-state index contributed by atoms with van der Waals surface area (Å²) in [6.07, 6.45) is 20.7. The number of aromatic amines is 2. The Morgan fingerprint density at radius 2 is 0.976 bits per heavy atom. The molecule has 0 spiro atoms. The lowest BCUT2D eigenvalue weighted by molar-refractivity contribution is -0.112. The van der Waals surface area contributed by atoms with Crippen molar-refractivity contribution in [1.29, 1.82) is 0 Å². The highest BCUT2D eigenvalue weighted by Crippen LogP contribution is 2.36. The molecule has 2 fully saturated rings. The number of rotatable bonds is 18. The molecule has 4 amide bonds. The molecule has 2 unspecified atom stereocenters. The van der Waals surface area contributed by atoms with Crippen molar-refractivity contribution in [1.82, 2.24) is 50.3 Å². The van der Waals surface area contributed by atoms with Gasteiger partial charge in [-0.25, -0.2) is 19.9 Å². The van der Waals surface area contributed by atoms with Crippen LogP contribution in [0, 0.1) is 0 Å². The maximum absolute atomic E-state index is 13.2. The van der Waals surface area contributed by atoms with Crippen LogP contribution in [0.25, 0.3) is 44.3 Å². The van der Waals surface area contributed by atoms with E-state index in [1.54, 1.807) is 73.1 Å². The summed E-state index contributed by atoms with van der Waals surface area (Å²) in [5, 5.41) is 22.1. The van der Waals surface area contributed by atoms with Crippen LogP contribution in [0.2, 0.25) is 10.0 Å². The predicted octanol–water partition coefficient (Wildman–Crippen LogP) is 12.4. The molecule has 8 N–H and O–H groups in total. The van der Waals surface area contributed by atoms with Crippen LogP contribution < -0.4 is 31.9 Å². The number of H-pyrrole nitrogens is 2. The average molecular weight is 1190 g/mol. The number of anilines is 4. The molecular weight excluding hydrogens is 1110 g/mol. The monoisotopic (exact) mass is 1190 g/mol. The fourth-order valence-electron chi connectivity index (χ4n) is 10.8. The summed E-state index contributed by atoms with van der Waals surface area (Å²) in [4.78, 5) is 79.5. The van der Waals surface area contributed by atoms with Crippen LogP contribution in [0.3, 0.4) is 0 Å². The van der Waals surface area contributed by atoms with Crippen LogP contribution in [0.4, 0.5) is 23.3 Å². The van der Waals surface area contributed by atoms with Crippen molar-refractivity contribution >= 4 is 91.9 Å². The zero-order chi connectivity index (χ0) is 59.4. The molecule has 4 heterocycles. The highest BCUT2D eigenvalue weighted by atomic mass is 35.5. The second-order valence-electron chi connectivity index (χ2n) is 22.6. The van der Waals surface area contributed by atoms with E-state index in [0.29, 0.717) is 68.9 Å². The highest BCUT2D eigenvalue weighted by Gasteiger charge is 2.36. The van der Waals surface area contributed by atoms with Gasteiger partial charge in [0.25, 0.3) is 11.8 Å². The first-order valence-corrected chi connectivity index (χ1v) is 28.9. The number of nitrogens with one attached hydrogen (secondary N) is 8. The highest BCUT2D eigenvalue weighted by molar-refractivity contribution is 6.33. The number of hydrogen-bond donors (Lipinski definition) is 8. The topological polar surface area (TPSA) is 230 Å². The molecule has 0 aliphatic heterocycles. The van der Waals surface area contributed by atoms with E-state index in [0.717, 1.165) is 84.3 Å². The van der Waals surface area contributed by atoms with Gasteiger partial charge in [-0.1, -0.05) is 79.2 Å². The van der Waals surface area contributed by atoms with Crippen molar-refractivity contribution in [2.45, 2.75) is 95.8 Å². The molecule has 0 radical (unpaired) electrons. The number of carbonyl (C=O) groups excluding carboxylic acids is 4. The third-order valence-corrected chi connectivity index (χ3v) is 15.5. The molecule has 20 heteroatoms. The summed E-state index contributed by atoms with van der Waals surface area (Å²) in [7, 11) is 7.75. The normalized spacial score (nSPS) is 18.6. The Bertz CT molecular complexity index is 3440. The minimum atomic E-state index is -0.400. The lowest BCUT2D eigenvalue weighted by atomic mass is 9.80. The number of fused-ring (bicyclic) bond motifs is 2. The van der Waals surface area contributed by atoms with Crippen LogP contribution in [0.15, 0.2) is 146 Å². The van der Waals surface area contributed by atoms with Gasteiger partial charge in [0.1, 0.15) is 0 Å². The van der Waals surface area contributed by atoms with Crippen molar-refractivity contribution in [2.75, 3.05) is 62.5 Å². The smallest absolute Gasteiger partial charge is 0.251 e. The van der Waals surface area contributed by atoms with Crippen molar-refractivity contribution in [3.05, 3.63) is 167 Å². The molecule has 85 heavy (non-hydrogen) atoms. The maximum atomic E-state index is 13.2. The summed E-state index contributed by atoms with van der Waals surface area (Å²) in [6, 6.07) is 30.1. The number of halogens is 2. The standard InChI is InChI=1S/2C32H36ClN7O2.CH4/c2*1-32(39-30(42)21-12-14-22(15-13-21)36-28(41)11-7-17-40(2)3)16-6-8-23(18-32)37-31-35-20-26(33)29(38-31)25-19-34-27-10-5-4-9-24(25)27;/h2*4-5,7,9-15,19-20,23,34H,6,8,16-18H2,1-3H3,(H,36,41)(H,39,42)(H,35,37,38);1H4/b2*11-7+;/t23-,32+;;/m1../s1. The Labute approximate surface area is 507 Å². The summed E-state index contributed by atoms with van der Waals surface area (Å²) < 4.78 is 0. The molecule has 4 aromatic carbocycles. The van der Waals surface area contributed by atoms with Gasteiger partial charge in [0, 0.05) is 116 Å². The van der Waals surface area contributed by atoms with E-state index < -0.39 is 11.1 Å². The molecule has 4 aromatic heterocycles. The Kier molecular flexibility index (Phi) is 21.0. The zero-order valence-corrected chi connectivity index (χ0v) is 49.7. The van der Waals surface area contributed by atoms with E-state index in [4.69, 9.17) is 33.2 Å². The number of nitrogens with zero attached hydrogens (tertiary/aromatic N) is 6. The Morgan fingerprint density at radius 3 is 1.36 bits per heavy atom. The number of hydrogen-bond acceptors (Lipinski definition) is 12. The number of likely N-dealkylation sites (N-methyl/N-ethyl adjacent to an activating group) is 2. The first-order valence-electron chi connectivity index (χ1n) is 28.2. The van der Waals surface area contributed by atoms with E-state index in [-0.39, 0.29) is 43.1 Å². The summed E-state index contributed by atoms with van der Waals surface area (Å²) in [5.74, 6) is 0.308. The Balaban J connectivity index is 0.000000219. The van der Waals surface area contributed by atoms with E-state index in [1.165, 1.54) is 12.2 Å². The minimum absolute atomic E-state index is 0. The van der Waals surface area contributed by atoms with Crippen molar-refractivity contribution < 1.29 is 19.2 Å². The molecule has 0 saturated heterocycles. The first-order chi connectivity index (χ1) is 40.4. The number of carbonyl (C=O) groups is 4. The third-order valence-electron chi connectivity index (χ3n) is 14.9. The van der Waals surface area contributed by atoms with Gasteiger partial charge in [-0.05, 0) is 154 Å². The van der Waals surface area contributed by atoms with E-state index in [9.17, 15) is 19.2 Å². The van der Waals surface area contributed by atoms with Gasteiger partial charge in [0.2, 0.25) is 23.7 Å². The molecule has 2 aliphatic carbocycles. The number of amides is 4. The average Bonchev–Trinajstić information content (AvgIpc) is 3.91. The van der Waals surface area contributed by atoms with Gasteiger partial charge in [0.05, 0.1) is 33.8 Å². The summed E-state index contributed by atoms with van der Waals surface area (Å²) in [5.41, 5.74) is 6.76. The van der Waals surface area contributed by atoms with Crippen molar-refractivity contribution in [2.24, 2.45) is 0 Å². The molecule has 4 atom stereocenters. The maximum Gasteiger partial charge on any atom is 0.251 e. The van der Waals surface area contributed by atoms with Gasteiger partial charge in [-0.2, -0.15) is 0 Å². The zero-order valence-electron chi connectivity index (χ0n) is 48.2. The second-order valence-corrected chi connectivity index (χ2v) is 23.5. The van der Waals surface area contributed by atoms with Crippen LogP contribution in [0.5, 0.6) is 0 Å². The van der Waals surface area contributed by atoms with Crippen LogP contribution >= 0.6 is 23.2 Å². The van der Waals surface area contributed by atoms with Crippen LogP contribution in [0.1, 0.15) is 93.4 Å². The van der Waals surface area contributed by atoms with Crippen molar-refractivity contribution in [3.63, 3.8) is 0 Å². The van der Waals surface area contributed by atoms with Crippen LogP contribution in [-0.4, -0.2) is 128 Å². The van der Waals surface area contributed by atoms with Gasteiger partial charge >= 0.3 is 0 Å². The fourth-order valence-corrected chi connectivity index (χ4v) is 11.2. The molecule has 0 bridgehead atoms. The minimum Gasteiger partial charge on any atom is -0.360 e. The fraction of sp³-hybridized carbons (Fsp3) is 0.323. The van der Waals surface area contributed by atoms with Gasteiger partial charge in [-0.3, -0.25) is 19.2 Å². The lowest BCUT2D eigenvalue weighted by Gasteiger charge is -2.39. The number of para-hydroxylation sites is 2. The largest absolute Gasteiger partial charge is 0.360 e.